The molecular weight excluding hydrogens is 450 g/mol. The molecule has 1 aliphatic rings. The summed E-state index contributed by atoms with van der Waals surface area (Å²) in [7, 11) is 0. The Morgan fingerprint density at radius 1 is 1.23 bits per heavy atom. The van der Waals surface area contributed by atoms with Crippen LogP contribution in [0.15, 0.2) is 39.9 Å². The van der Waals surface area contributed by atoms with E-state index in [0.717, 1.165) is 28.7 Å². The third-order valence-corrected chi connectivity index (χ3v) is 5.90. The lowest BCUT2D eigenvalue weighted by Crippen LogP contribution is -2.23. The van der Waals surface area contributed by atoms with Crippen LogP contribution in [0, 0.1) is 13.8 Å². The molecular formula is C22H22BrN3O4. The highest BCUT2D eigenvalue weighted by Crippen LogP contribution is 2.38. The number of benzene rings is 1. The number of nitrogens with zero attached hydrogens (tertiary/aromatic N) is 3. The molecule has 2 aromatic heterocycles. The van der Waals surface area contributed by atoms with Gasteiger partial charge in [0.2, 0.25) is 5.78 Å². The standard InChI is InChI=1S/C22H22BrN3O4/c1-13-9-17(14(2)26(13)16-4-5-16)20(27)11-30-21(28)7-8-25-12-24-19-6-3-15(23)10-18(19)22(25)29/h3,6,9-10,12,16H,4-5,7-8,11H2,1-2H3. The van der Waals surface area contributed by atoms with Gasteiger partial charge in [0.05, 0.1) is 23.7 Å². The van der Waals surface area contributed by atoms with E-state index in [2.05, 4.69) is 25.5 Å². The summed E-state index contributed by atoms with van der Waals surface area (Å²) in [5.41, 5.74) is 2.96. The summed E-state index contributed by atoms with van der Waals surface area (Å²) in [4.78, 5) is 41.5. The molecule has 0 atom stereocenters. The van der Waals surface area contributed by atoms with Crippen LogP contribution in [0.1, 0.15) is 47.1 Å². The fourth-order valence-electron chi connectivity index (χ4n) is 3.75. The smallest absolute Gasteiger partial charge is 0.308 e. The molecule has 0 bridgehead atoms. The summed E-state index contributed by atoms with van der Waals surface area (Å²) < 4.78 is 9.51. The lowest BCUT2D eigenvalue weighted by Gasteiger charge is -2.08. The van der Waals surface area contributed by atoms with E-state index in [1.807, 2.05) is 26.0 Å². The van der Waals surface area contributed by atoms with Crippen LogP contribution in [0.25, 0.3) is 10.9 Å². The molecule has 1 fully saturated rings. The predicted octanol–water partition coefficient (Wildman–Crippen LogP) is 3.73. The van der Waals surface area contributed by atoms with Gasteiger partial charge in [0, 0.05) is 34.0 Å². The molecule has 8 heteroatoms. The zero-order valence-electron chi connectivity index (χ0n) is 16.9. The molecule has 1 aliphatic carbocycles. The molecule has 1 aromatic carbocycles. The number of Topliss-reactive ketones (excluding diaryl/α,β-unsaturated/α-hetero) is 1. The average molecular weight is 472 g/mol. The number of fused-ring (bicyclic) bond motifs is 1. The molecule has 3 aromatic rings. The molecule has 30 heavy (non-hydrogen) atoms. The third kappa shape index (κ3) is 4.09. The van der Waals surface area contributed by atoms with Gasteiger partial charge in [-0.1, -0.05) is 15.9 Å². The number of rotatable bonds is 7. The Labute approximate surface area is 181 Å². The Hall–Kier alpha value is -2.74. The van der Waals surface area contributed by atoms with E-state index in [-0.39, 0.29) is 30.9 Å². The van der Waals surface area contributed by atoms with Gasteiger partial charge in [-0.2, -0.15) is 0 Å². The summed E-state index contributed by atoms with van der Waals surface area (Å²) in [5.74, 6) is -0.738. The molecule has 0 radical (unpaired) electrons. The molecule has 1 saturated carbocycles. The number of aromatic nitrogens is 3. The second-order valence-corrected chi connectivity index (χ2v) is 8.54. The summed E-state index contributed by atoms with van der Waals surface area (Å²) >= 11 is 3.35. The van der Waals surface area contributed by atoms with Crippen molar-refractivity contribution in [1.82, 2.24) is 14.1 Å². The quantitative estimate of drug-likeness (QED) is 0.387. The number of halogens is 1. The van der Waals surface area contributed by atoms with Crippen LogP contribution in [-0.2, 0) is 16.1 Å². The van der Waals surface area contributed by atoms with Crippen molar-refractivity contribution in [2.45, 2.75) is 45.7 Å². The van der Waals surface area contributed by atoms with Gasteiger partial charge in [0.1, 0.15) is 0 Å². The maximum atomic E-state index is 12.6. The first-order valence-corrected chi connectivity index (χ1v) is 10.7. The minimum atomic E-state index is -0.527. The summed E-state index contributed by atoms with van der Waals surface area (Å²) in [5, 5.41) is 0.474. The van der Waals surface area contributed by atoms with Crippen molar-refractivity contribution in [3.63, 3.8) is 0 Å². The fourth-order valence-corrected chi connectivity index (χ4v) is 4.11. The van der Waals surface area contributed by atoms with Crippen LogP contribution in [0.3, 0.4) is 0 Å². The van der Waals surface area contributed by atoms with Gasteiger partial charge in [-0.3, -0.25) is 19.0 Å². The number of ketones is 1. The van der Waals surface area contributed by atoms with Crippen molar-refractivity contribution in [2.24, 2.45) is 0 Å². The van der Waals surface area contributed by atoms with Crippen LogP contribution >= 0.6 is 15.9 Å². The Bertz CT molecular complexity index is 1210. The van der Waals surface area contributed by atoms with Crippen molar-refractivity contribution in [3.05, 3.63) is 62.4 Å². The van der Waals surface area contributed by atoms with E-state index in [0.29, 0.717) is 22.5 Å². The van der Waals surface area contributed by atoms with E-state index < -0.39 is 5.97 Å². The molecule has 156 valence electrons. The Morgan fingerprint density at radius 2 is 2.00 bits per heavy atom. The molecule has 0 spiro atoms. The van der Waals surface area contributed by atoms with Crippen LogP contribution < -0.4 is 5.56 Å². The molecule has 0 unspecified atom stereocenters. The van der Waals surface area contributed by atoms with Crippen LogP contribution in [-0.4, -0.2) is 32.5 Å². The largest absolute Gasteiger partial charge is 0.457 e. The highest BCUT2D eigenvalue weighted by atomic mass is 79.9. The first kappa shape index (κ1) is 20.5. The van der Waals surface area contributed by atoms with Gasteiger partial charge in [0.15, 0.2) is 6.61 Å². The second-order valence-electron chi connectivity index (χ2n) is 7.62. The normalized spacial score (nSPS) is 13.6. The number of aryl methyl sites for hydroxylation is 2. The molecule has 0 N–H and O–H groups in total. The first-order chi connectivity index (χ1) is 14.3. The maximum Gasteiger partial charge on any atom is 0.308 e. The summed E-state index contributed by atoms with van der Waals surface area (Å²) in [6.07, 6.45) is 3.68. The molecule has 4 rings (SSSR count). The Morgan fingerprint density at radius 3 is 2.73 bits per heavy atom. The fraction of sp³-hybridized carbons (Fsp3) is 0.364. The number of hydrogen-bond acceptors (Lipinski definition) is 5. The van der Waals surface area contributed by atoms with Crippen molar-refractivity contribution in [1.29, 1.82) is 0 Å². The van der Waals surface area contributed by atoms with Gasteiger partial charge >= 0.3 is 5.97 Å². The third-order valence-electron chi connectivity index (χ3n) is 5.40. The van der Waals surface area contributed by atoms with Crippen molar-refractivity contribution in [3.8, 4) is 0 Å². The molecule has 0 saturated heterocycles. The van der Waals surface area contributed by atoms with Gasteiger partial charge in [-0.25, -0.2) is 4.98 Å². The van der Waals surface area contributed by atoms with E-state index in [1.54, 1.807) is 12.1 Å². The first-order valence-electron chi connectivity index (χ1n) is 9.87. The summed E-state index contributed by atoms with van der Waals surface area (Å²) in [6, 6.07) is 7.63. The highest BCUT2D eigenvalue weighted by molar-refractivity contribution is 9.10. The number of ether oxygens (including phenoxy) is 1. The molecule has 2 heterocycles. The van der Waals surface area contributed by atoms with Crippen molar-refractivity contribution >= 4 is 38.6 Å². The minimum absolute atomic E-state index is 0.0184. The maximum absolute atomic E-state index is 12.6. The zero-order chi connectivity index (χ0) is 21.4. The lowest BCUT2D eigenvalue weighted by molar-refractivity contribution is -0.142. The van der Waals surface area contributed by atoms with E-state index in [1.165, 1.54) is 10.9 Å². The monoisotopic (exact) mass is 471 g/mol. The minimum Gasteiger partial charge on any atom is -0.457 e. The summed E-state index contributed by atoms with van der Waals surface area (Å²) in [6.45, 7) is 3.75. The van der Waals surface area contributed by atoms with E-state index in [9.17, 15) is 14.4 Å². The molecule has 0 aliphatic heterocycles. The topological polar surface area (TPSA) is 83.2 Å². The number of esters is 1. The van der Waals surface area contributed by atoms with E-state index >= 15 is 0 Å². The lowest BCUT2D eigenvalue weighted by atomic mass is 10.1. The predicted molar refractivity (Wildman–Crippen MR) is 116 cm³/mol. The van der Waals surface area contributed by atoms with Gasteiger partial charge < -0.3 is 9.30 Å². The number of carbonyl (C=O) groups excluding carboxylic acids is 2. The van der Waals surface area contributed by atoms with Crippen LogP contribution in [0.5, 0.6) is 0 Å². The van der Waals surface area contributed by atoms with Crippen molar-refractivity contribution < 1.29 is 14.3 Å². The second kappa shape index (κ2) is 8.18. The van der Waals surface area contributed by atoms with Crippen LogP contribution in [0.2, 0.25) is 0 Å². The SMILES string of the molecule is Cc1cc(C(=O)COC(=O)CCn2cnc3ccc(Br)cc3c2=O)c(C)n1C1CC1. The van der Waals surface area contributed by atoms with Crippen molar-refractivity contribution in [2.75, 3.05) is 6.61 Å². The molecule has 0 amide bonds. The Balaban J connectivity index is 1.36. The highest BCUT2D eigenvalue weighted by Gasteiger charge is 2.28. The van der Waals surface area contributed by atoms with Gasteiger partial charge in [-0.15, -0.1) is 0 Å². The number of hydrogen-bond donors (Lipinski definition) is 0. The van der Waals surface area contributed by atoms with Crippen LogP contribution in [0.4, 0.5) is 0 Å². The average Bonchev–Trinajstić information content (AvgIpc) is 3.50. The van der Waals surface area contributed by atoms with Gasteiger partial charge in [0.25, 0.3) is 5.56 Å². The number of carbonyl (C=O) groups is 2. The molecule has 7 nitrogen and oxygen atoms in total. The Kier molecular flexibility index (Phi) is 5.60. The van der Waals surface area contributed by atoms with E-state index in [4.69, 9.17) is 4.74 Å². The zero-order valence-corrected chi connectivity index (χ0v) is 18.4. The van der Waals surface area contributed by atoms with Gasteiger partial charge in [-0.05, 0) is 51.0 Å².